The lowest BCUT2D eigenvalue weighted by atomic mass is 10.1. The van der Waals surface area contributed by atoms with Gasteiger partial charge in [-0.05, 0) is 30.5 Å². The van der Waals surface area contributed by atoms with E-state index in [0.29, 0.717) is 6.04 Å². The molecule has 0 bridgehead atoms. The van der Waals surface area contributed by atoms with E-state index in [1.54, 1.807) is 0 Å². The van der Waals surface area contributed by atoms with Crippen LogP contribution in [0.4, 0.5) is 0 Å². The molecule has 1 aromatic rings. The zero-order valence-electron chi connectivity index (χ0n) is 9.19. The number of halogens is 2. The minimum atomic E-state index is 0.588. The smallest absolute Gasteiger partial charge is 0.0462 e. The summed E-state index contributed by atoms with van der Waals surface area (Å²) >= 11 is 9.53. The molecule has 0 radical (unpaired) electrons. The van der Waals surface area contributed by atoms with Crippen LogP contribution in [-0.4, -0.2) is 6.04 Å². The van der Waals surface area contributed by atoms with Crippen LogP contribution in [0.25, 0.3) is 0 Å². The van der Waals surface area contributed by atoms with Gasteiger partial charge in [-0.2, -0.15) is 0 Å². The average molecular weight is 291 g/mol. The molecule has 15 heavy (non-hydrogen) atoms. The Morgan fingerprint density at radius 1 is 1.33 bits per heavy atom. The summed E-state index contributed by atoms with van der Waals surface area (Å²) in [4.78, 5) is 0. The van der Waals surface area contributed by atoms with Crippen LogP contribution in [-0.2, 0) is 6.54 Å². The Kier molecular flexibility index (Phi) is 5.65. The number of benzene rings is 1. The summed E-state index contributed by atoms with van der Waals surface area (Å²) in [6.45, 7) is 5.24. The molecule has 3 heteroatoms. The summed E-state index contributed by atoms with van der Waals surface area (Å²) in [5.74, 6) is 0. The Balaban J connectivity index is 2.57. The van der Waals surface area contributed by atoms with Crippen molar-refractivity contribution in [1.82, 2.24) is 5.32 Å². The van der Waals surface area contributed by atoms with Gasteiger partial charge in [0.25, 0.3) is 0 Å². The molecular weight excluding hydrogens is 273 g/mol. The lowest BCUT2D eigenvalue weighted by molar-refractivity contribution is 0.484. The third-order valence-corrected chi connectivity index (χ3v) is 3.43. The van der Waals surface area contributed by atoms with Crippen molar-refractivity contribution in [1.29, 1.82) is 0 Å². The van der Waals surface area contributed by atoms with E-state index in [4.69, 9.17) is 11.6 Å². The predicted molar refractivity (Wildman–Crippen MR) is 70.4 cm³/mol. The highest BCUT2D eigenvalue weighted by molar-refractivity contribution is 9.10. The van der Waals surface area contributed by atoms with Gasteiger partial charge in [0.05, 0.1) is 0 Å². The molecule has 0 aliphatic rings. The largest absolute Gasteiger partial charge is 0.310 e. The molecule has 0 fully saturated rings. The van der Waals surface area contributed by atoms with Crippen molar-refractivity contribution in [2.45, 2.75) is 39.3 Å². The number of nitrogens with one attached hydrogen (secondary N) is 1. The van der Waals surface area contributed by atoms with Crippen LogP contribution >= 0.6 is 27.5 Å². The van der Waals surface area contributed by atoms with E-state index in [-0.39, 0.29) is 0 Å². The molecule has 1 aromatic carbocycles. The minimum absolute atomic E-state index is 0.588. The SMILES string of the molecule is CCC(CC)NCc1ccc(Br)cc1Cl. The molecule has 0 aromatic heterocycles. The molecule has 0 saturated heterocycles. The summed E-state index contributed by atoms with van der Waals surface area (Å²) < 4.78 is 1.03. The molecule has 0 unspecified atom stereocenters. The van der Waals surface area contributed by atoms with E-state index in [1.807, 2.05) is 12.1 Å². The molecule has 0 aliphatic carbocycles. The Hall–Kier alpha value is -0.0500. The van der Waals surface area contributed by atoms with E-state index in [9.17, 15) is 0 Å². The molecule has 0 heterocycles. The first kappa shape index (κ1) is 13.0. The third kappa shape index (κ3) is 4.13. The van der Waals surface area contributed by atoms with Crippen molar-refractivity contribution in [3.63, 3.8) is 0 Å². The van der Waals surface area contributed by atoms with E-state index >= 15 is 0 Å². The second-order valence-electron chi connectivity index (χ2n) is 3.63. The minimum Gasteiger partial charge on any atom is -0.310 e. The Labute approximate surface area is 105 Å². The van der Waals surface area contributed by atoms with Gasteiger partial charge in [0.15, 0.2) is 0 Å². The van der Waals surface area contributed by atoms with Gasteiger partial charge in [-0.1, -0.05) is 47.4 Å². The van der Waals surface area contributed by atoms with Crippen molar-refractivity contribution in [2.75, 3.05) is 0 Å². The third-order valence-electron chi connectivity index (χ3n) is 2.58. The fourth-order valence-electron chi connectivity index (χ4n) is 1.50. The van der Waals surface area contributed by atoms with Gasteiger partial charge < -0.3 is 5.32 Å². The molecule has 0 aliphatic heterocycles. The highest BCUT2D eigenvalue weighted by Crippen LogP contribution is 2.21. The fourth-order valence-corrected chi connectivity index (χ4v) is 2.24. The normalized spacial score (nSPS) is 11.0. The summed E-state index contributed by atoms with van der Waals surface area (Å²) in [6.07, 6.45) is 2.31. The van der Waals surface area contributed by atoms with E-state index in [0.717, 1.165) is 34.4 Å². The van der Waals surface area contributed by atoms with Gasteiger partial charge in [-0.25, -0.2) is 0 Å². The van der Waals surface area contributed by atoms with Crippen molar-refractivity contribution < 1.29 is 0 Å². The van der Waals surface area contributed by atoms with Crippen LogP contribution in [0.2, 0.25) is 5.02 Å². The molecular formula is C12H17BrClN. The summed E-state index contributed by atoms with van der Waals surface area (Å²) in [5.41, 5.74) is 1.16. The fraction of sp³-hybridized carbons (Fsp3) is 0.500. The van der Waals surface area contributed by atoms with Crippen LogP contribution in [0, 0.1) is 0 Å². The highest BCUT2D eigenvalue weighted by atomic mass is 79.9. The van der Waals surface area contributed by atoms with Gasteiger partial charge in [-0.15, -0.1) is 0 Å². The zero-order chi connectivity index (χ0) is 11.3. The molecule has 1 nitrogen and oxygen atoms in total. The number of hydrogen-bond donors (Lipinski definition) is 1. The first-order valence-electron chi connectivity index (χ1n) is 5.34. The summed E-state index contributed by atoms with van der Waals surface area (Å²) in [7, 11) is 0. The quantitative estimate of drug-likeness (QED) is 0.848. The Morgan fingerprint density at radius 3 is 2.53 bits per heavy atom. The lowest BCUT2D eigenvalue weighted by Gasteiger charge is -2.15. The van der Waals surface area contributed by atoms with Gasteiger partial charge in [-0.3, -0.25) is 0 Å². The molecule has 0 amide bonds. The Bertz CT molecular complexity index is 310. The second kappa shape index (κ2) is 6.51. The van der Waals surface area contributed by atoms with Crippen molar-refractivity contribution in [3.05, 3.63) is 33.3 Å². The maximum Gasteiger partial charge on any atom is 0.0462 e. The van der Waals surface area contributed by atoms with Crippen molar-refractivity contribution in [3.8, 4) is 0 Å². The standard InChI is InChI=1S/C12H17BrClN/c1-3-11(4-2)15-8-9-5-6-10(13)7-12(9)14/h5-7,11,15H,3-4,8H2,1-2H3. The van der Waals surface area contributed by atoms with Crippen LogP contribution in [0.5, 0.6) is 0 Å². The highest BCUT2D eigenvalue weighted by Gasteiger charge is 2.04. The molecule has 0 saturated carbocycles. The average Bonchev–Trinajstić information content (AvgIpc) is 2.22. The summed E-state index contributed by atoms with van der Waals surface area (Å²) in [6, 6.07) is 6.60. The van der Waals surface area contributed by atoms with Crippen LogP contribution < -0.4 is 5.32 Å². The summed E-state index contributed by atoms with van der Waals surface area (Å²) in [5, 5.41) is 4.32. The molecule has 0 atom stereocenters. The molecule has 0 spiro atoms. The molecule has 84 valence electrons. The van der Waals surface area contributed by atoms with Gasteiger partial charge >= 0.3 is 0 Å². The lowest BCUT2D eigenvalue weighted by Crippen LogP contribution is -2.27. The number of hydrogen-bond acceptors (Lipinski definition) is 1. The van der Waals surface area contributed by atoms with Gasteiger partial charge in [0, 0.05) is 22.1 Å². The van der Waals surface area contributed by atoms with Gasteiger partial charge in [0.1, 0.15) is 0 Å². The number of rotatable bonds is 5. The van der Waals surface area contributed by atoms with Crippen LogP contribution in [0.1, 0.15) is 32.3 Å². The topological polar surface area (TPSA) is 12.0 Å². The zero-order valence-corrected chi connectivity index (χ0v) is 11.5. The molecule has 1 rings (SSSR count). The predicted octanol–water partition coefficient (Wildman–Crippen LogP) is 4.38. The van der Waals surface area contributed by atoms with E-state index in [1.165, 1.54) is 0 Å². The maximum atomic E-state index is 6.13. The maximum absolute atomic E-state index is 6.13. The van der Waals surface area contributed by atoms with Crippen LogP contribution in [0.15, 0.2) is 22.7 Å². The van der Waals surface area contributed by atoms with E-state index in [2.05, 4.69) is 41.2 Å². The molecule has 1 N–H and O–H groups in total. The second-order valence-corrected chi connectivity index (χ2v) is 4.95. The Morgan fingerprint density at radius 2 is 2.00 bits per heavy atom. The van der Waals surface area contributed by atoms with Gasteiger partial charge in [0.2, 0.25) is 0 Å². The first-order chi connectivity index (χ1) is 7.17. The monoisotopic (exact) mass is 289 g/mol. The first-order valence-corrected chi connectivity index (χ1v) is 6.51. The van der Waals surface area contributed by atoms with Crippen LogP contribution in [0.3, 0.4) is 0 Å². The van der Waals surface area contributed by atoms with E-state index < -0.39 is 0 Å². The van der Waals surface area contributed by atoms with Crippen molar-refractivity contribution >= 4 is 27.5 Å². The van der Waals surface area contributed by atoms with Crippen molar-refractivity contribution in [2.24, 2.45) is 0 Å².